The fourth-order valence-corrected chi connectivity index (χ4v) is 2.61. The number of benzene rings is 1. The Bertz CT molecular complexity index is 562. The van der Waals surface area contributed by atoms with Crippen LogP contribution < -0.4 is 5.73 Å². The summed E-state index contributed by atoms with van der Waals surface area (Å²) in [6.07, 6.45) is 0. The zero-order valence-corrected chi connectivity index (χ0v) is 11.4. The first-order valence-corrected chi connectivity index (χ1v) is 6.17. The van der Waals surface area contributed by atoms with Gasteiger partial charge in [0.05, 0.1) is 0 Å². The van der Waals surface area contributed by atoms with E-state index in [0.717, 1.165) is 0 Å². The van der Waals surface area contributed by atoms with Gasteiger partial charge in [-0.1, -0.05) is 26.0 Å². The third kappa shape index (κ3) is 1.77. The van der Waals surface area contributed by atoms with Gasteiger partial charge in [-0.2, -0.15) is 0 Å². The smallest absolute Gasteiger partial charge is 0.0491 e. The van der Waals surface area contributed by atoms with Crippen molar-refractivity contribution in [3.63, 3.8) is 0 Å². The summed E-state index contributed by atoms with van der Waals surface area (Å²) in [5, 5.41) is 1.32. The molecule has 0 atom stereocenters. The first kappa shape index (κ1) is 12.2. The van der Waals surface area contributed by atoms with Gasteiger partial charge in [-0.05, 0) is 37.5 Å². The molecule has 0 radical (unpaired) electrons. The maximum absolute atomic E-state index is 5.91. The van der Waals surface area contributed by atoms with Crippen molar-refractivity contribution < 1.29 is 0 Å². The number of aromatic nitrogens is 1. The molecule has 3 N–H and O–H groups in total. The van der Waals surface area contributed by atoms with Crippen molar-refractivity contribution >= 4 is 10.9 Å². The monoisotopic (exact) mass is 230 g/mol. The lowest BCUT2D eigenvalue weighted by atomic mass is 9.82. The van der Waals surface area contributed by atoms with Gasteiger partial charge in [0.15, 0.2) is 0 Å². The van der Waals surface area contributed by atoms with Crippen LogP contribution in [0.3, 0.4) is 0 Å². The average Bonchev–Trinajstić information content (AvgIpc) is 2.62. The largest absolute Gasteiger partial charge is 0.358 e. The van der Waals surface area contributed by atoms with Crippen molar-refractivity contribution in [3.05, 3.63) is 34.5 Å². The fraction of sp³-hybridized carbons (Fsp3) is 0.467. The highest BCUT2D eigenvalue weighted by atomic mass is 14.7. The van der Waals surface area contributed by atoms with Gasteiger partial charge < -0.3 is 10.7 Å². The highest BCUT2D eigenvalue weighted by Crippen LogP contribution is 2.34. The van der Waals surface area contributed by atoms with E-state index in [-0.39, 0.29) is 5.41 Å². The van der Waals surface area contributed by atoms with Crippen LogP contribution in [-0.2, 0) is 5.41 Å². The van der Waals surface area contributed by atoms with E-state index in [1.165, 1.54) is 33.3 Å². The molecule has 0 bridgehead atoms. The van der Waals surface area contributed by atoms with E-state index < -0.39 is 0 Å². The summed E-state index contributed by atoms with van der Waals surface area (Å²) in [7, 11) is 0. The lowest BCUT2D eigenvalue weighted by Crippen LogP contribution is -2.28. The summed E-state index contributed by atoms with van der Waals surface area (Å²) in [5.74, 6) is 0. The first-order chi connectivity index (χ1) is 7.88. The Morgan fingerprint density at radius 2 is 1.82 bits per heavy atom. The van der Waals surface area contributed by atoms with Crippen LogP contribution in [-0.4, -0.2) is 11.5 Å². The van der Waals surface area contributed by atoms with Crippen molar-refractivity contribution in [3.8, 4) is 0 Å². The fourth-order valence-electron chi connectivity index (χ4n) is 2.61. The lowest BCUT2D eigenvalue weighted by Gasteiger charge is -2.23. The molecule has 1 aromatic carbocycles. The summed E-state index contributed by atoms with van der Waals surface area (Å²) >= 11 is 0. The Morgan fingerprint density at radius 1 is 1.18 bits per heavy atom. The van der Waals surface area contributed by atoms with Crippen molar-refractivity contribution in [1.29, 1.82) is 0 Å². The van der Waals surface area contributed by atoms with Crippen molar-refractivity contribution in [2.45, 2.75) is 40.0 Å². The minimum Gasteiger partial charge on any atom is -0.358 e. The number of aromatic amines is 1. The number of nitrogens with one attached hydrogen (secondary N) is 1. The molecule has 92 valence electrons. The van der Waals surface area contributed by atoms with E-state index in [2.05, 4.69) is 51.7 Å². The second kappa shape index (κ2) is 3.88. The van der Waals surface area contributed by atoms with Gasteiger partial charge in [-0.15, -0.1) is 0 Å². The molecule has 1 heterocycles. The number of rotatable bonds is 2. The molecule has 2 nitrogen and oxygen atoms in total. The number of H-pyrrole nitrogens is 1. The average molecular weight is 230 g/mol. The van der Waals surface area contributed by atoms with Gasteiger partial charge in [0, 0.05) is 28.6 Å². The summed E-state index contributed by atoms with van der Waals surface area (Å²) in [4.78, 5) is 3.52. The molecule has 0 unspecified atom stereocenters. The molecule has 2 rings (SSSR count). The zero-order chi connectivity index (χ0) is 12.8. The minimum atomic E-state index is 0.0179. The van der Waals surface area contributed by atoms with Crippen LogP contribution in [0.15, 0.2) is 12.1 Å². The van der Waals surface area contributed by atoms with Gasteiger partial charge in [0.1, 0.15) is 0 Å². The Hall–Kier alpha value is -1.28. The molecule has 2 heteroatoms. The lowest BCUT2D eigenvalue weighted by molar-refractivity contribution is 0.540. The second-order valence-electron chi connectivity index (χ2n) is 5.64. The number of aryl methyl sites for hydroxylation is 3. The van der Waals surface area contributed by atoms with Crippen LogP contribution in [0.25, 0.3) is 10.9 Å². The summed E-state index contributed by atoms with van der Waals surface area (Å²) < 4.78 is 0. The summed E-state index contributed by atoms with van der Waals surface area (Å²) in [6.45, 7) is 11.5. The van der Waals surface area contributed by atoms with Gasteiger partial charge >= 0.3 is 0 Å². The number of hydrogen-bond donors (Lipinski definition) is 2. The van der Waals surface area contributed by atoms with Crippen molar-refractivity contribution in [2.24, 2.45) is 5.73 Å². The molecule has 2 aromatic rings. The van der Waals surface area contributed by atoms with Crippen LogP contribution >= 0.6 is 0 Å². The molecule has 0 fully saturated rings. The molecule has 0 spiro atoms. The molecule has 0 amide bonds. The van der Waals surface area contributed by atoms with Gasteiger partial charge in [-0.25, -0.2) is 0 Å². The highest BCUT2D eigenvalue weighted by molar-refractivity contribution is 5.89. The minimum absolute atomic E-state index is 0.0179. The Kier molecular flexibility index (Phi) is 2.78. The normalized spacial score (nSPS) is 12.4. The third-order valence-electron chi connectivity index (χ3n) is 3.88. The predicted octanol–water partition coefficient (Wildman–Crippen LogP) is 3.33. The SMILES string of the molecule is Cc1ccc2c(C(C)(C)CN)c(C)[nH]c2c1C. The molecule has 1 aromatic heterocycles. The van der Waals surface area contributed by atoms with E-state index in [1.807, 2.05) is 0 Å². The van der Waals surface area contributed by atoms with Crippen LogP contribution in [0.5, 0.6) is 0 Å². The standard InChI is InChI=1S/C15H22N2/c1-9-6-7-12-13(15(4,5)8-16)11(3)17-14(12)10(9)2/h6-7,17H,8,16H2,1-5H3. The summed E-state index contributed by atoms with van der Waals surface area (Å²) in [6, 6.07) is 4.41. The summed E-state index contributed by atoms with van der Waals surface area (Å²) in [5.41, 5.74) is 12.5. The quantitative estimate of drug-likeness (QED) is 0.816. The molecule has 17 heavy (non-hydrogen) atoms. The van der Waals surface area contributed by atoms with Gasteiger partial charge in [0.25, 0.3) is 0 Å². The molecular formula is C15H22N2. The zero-order valence-electron chi connectivity index (χ0n) is 11.4. The Labute approximate surface area is 103 Å². The molecule has 0 saturated carbocycles. The third-order valence-corrected chi connectivity index (χ3v) is 3.88. The van der Waals surface area contributed by atoms with Crippen LogP contribution in [0.1, 0.15) is 36.2 Å². The van der Waals surface area contributed by atoms with Crippen LogP contribution in [0, 0.1) is 20.8 Å². The number of nitrogens with two attached hydrogens (primary N) is 1. The van der Waals surface area contributed by atoms with E-state index in [9.17, 15) is 0 Å². The van der Waals surface area contributed by atoms with E-state index in [1.54, 1.807) is 0 Å². The predicted molar refractivity (Wildman–Crippen MR) is 74.6 cm³/mol. The number of fused-ring (bicyclic) bond motifs is 1. The van der Waals surface area contributed by atoms with Gasteiger partial charge in [-0.3, -0.25) is 0 Å². The second-order valence-corrected chi connectivity index (χ2v) is 5.64. The Morgan fingerprint density at radius 3 is 2.41 bits per heavy atom. The molecule has 0 aliphatic rings. The van der Waals surface area contributed by atoms with Crippen LogP contribution in [0.4, 0.5) is 0 Å². The topological polar surface area (TPSA) is 41.8 Å². The Balaban J connectivity index is 2.82. The number of hydrogen-bond acceptors (Lipinski definition) is 1. The van der Waals surface area contributed by atoms with E-state index >= 15 is 0 Å². The van der Waals surface area contributed by atoms with Crippen molar-refractivity contribution in [1.82, 2.24) is 4.98 Å². The maximum Gasteiger partial charge on any atom is 0.0491 e. The molecule has 0 saturated heterocycles. The maximum atomic E-state index is 5.91. The molecule has 0 aliphatic heterocycles. The molecule has 0 aliphatic carbocycles. The van der Waals surface area contributed by atoms with E-state index in [0.29, 0.717) is 6.54 Å². The van der Waals surface area contributed by atoms with E-state index in [4.69, 9.17) is 5.73 Å². The van der Waals surface area contributed by atoms with Crippen LogP contribution in [0.2, 0.25) is 0 Å². The highest BCUT2D eigenvalue weighted by Gasteiger charge is 2.25. The first-order valence-electron chi connectivity index (χ1n) is 6.17. The molecular weight excluding hydrogens is 208 g/mol. The van der Waals surface area contributed by atoms with Gasteiger partial charge in [0.2, 0.25) is 0 Å². The van der Waals surface area contributed by atoms with Crippen molar-refractivity contribution in [2.75, 3.05) is 6.54 Å².